The highest BCUT2D eigenvalue weighted by atomic mass is 35.5. The van der Waals surface area contributed by atoms with Gasteiger partial charge in [-0.3, -0.25) is 4.79 Å². The van der Waals surface area contributed by atoms with Crippen molar-refractivity contribution in [3.63, 3.8) is 0 Å². The van der Waals surface area contributed by atoms with Gasteiger partial charge in [0, 0.05) is 13.1 Å². The molecule has 0 aromatic rings. The zero-order valence-corrected chi connectivity index (χ0v) is 13.8. The smallest absolute Gasteiger partial charge is 0.241 e. The second-order valence-electron chi connectivity index (χ2n) is 7.32. The van der Waals surface area contributed by atoms with E-state index in [4.69, 9.17) is 16.3 Å². The Morgan fingerprint density at radius 2 is 1.70 bits per heavy atom. The quantitative estimate of drug-likeness (QED) is 0.732. The molecule has 0 radical (unpaired) electrons. The molecule has 1 aliphatic heterocycles. The molecule has 0 aromatic carbocycles. The van der Waals surface area contributed by atoms with Crippen molar-refractivity contribution in [3.8, 4) is 0 Å². The molecule has 0 bridgehead atoms. The van der Waals surface area contributed by atoms with Crippen molar-refractivity contribution in [3.05, 3.63) is 0 Å². The van der Waals surface area contributed by atoms with E-state index in [9.17, 15) is 4.79 Å². The van der Waals surface area contributed by atoms with Crippen LogP contribution in [0.5, 0.6) is 0 Å². The predicted octanol–water partition coefficient (Wildman–Crippen LogP) is 3.31. The molecule has 116 valence electrons. The fourth-order valence-corrected chi connectivity index (χ4v) is 3.83. The fourth-order valence-electron chi connectivity index (χ4n) is 3.44. The van der Waals surface area contributed by atoms with Crippen LogP contribution in [0, 0.1) is 17.3 Å². The van der Waals surface area contributed by atoms with E-state index in [1.807, 2.05) is 4.90 Å². The lowest BCUT2D eigenvalue weighted by atomic mass is 9.69. The molecule has 2 fully saturated rings. The molecule has 1 amide bonds. The minimum Gasteiger partial charge on any atom is -0.378 e. The number of amides is 1. The summed E-state index contributed by atoms with van der Waals surface area (Å²) >= 11 is 6.47. The third-order valence-corrected chi connectivity index (χ3v) is 5.51. The van der Waals surface area contributed by atoms with E-state index in [1.54, 1.807) is 0 Å². The number of halogens is 1. The van der Waals surface area contributed by atoms with Crippen LogP contribution in [0.3, 0.4) is 0 Å². The second-order valence-corrected chi connectivity index (χ2v) is 7.79. The van der Waals surface area contributed by atoms with E-state index in [0.717, 1.165) is 18.8 Å². The van der Waals surface area contributed by atoms with Crippen LogP contribution in [0.2, 0.25) is 0 Å². The van der Waals surface area contributed by atoms with Crippen LogP contribution in [-0.2, 0) is 9.53 Å². The maximum absolute atomic E-state index is 12.4. The number of nitrogens with zero attached hydrogens (tertiary/aromatic N) is 1. The summed E-state index contributed by atoms with van der Waals surface area (Å²) < 4.78 is 5.29. The number of morpholine rings is 1. The molecule has 0 N–H and O–H groups in total. The van der Waals surface area contributed by atoms with Gasteiger partial charge >= 0.3 is 0 Å². The summed E-state index contributed by atoms with van der Waals surface area (Å²) in [6.07, 6.45) is 4.58. The third-order valence-electron chi connectivity index (χ3n) is 4.97. The van der Waals surface area contributed by atoms with Gasteiger partial charge in [0.05, 0.1) is 13.2 Å². The summed E-state index contributed by atoms with van der Waals surface area (Å²) in [5.74, 6) is 1.24. The Bertz CT molecular complexity index is 326. The molecular formula is C16H28ClNO2. The van der Waals surface area contributed by atoms with Crippen molar-refractivity contribution in [2.45, 2.75) is 51.8 Å². The minimum absolute atomic E-state index is 0.120. The SMILES string of the molecule is CC(C)(C)C1CCC(C(Cl)C(=O)N2CCOCC2)CC1. The summed E-state index contributed by atoms with van der Waals surface area (Å²) in [7, 11) is 0. The van der Waals surface area contributed by atoms with E-state index in [2.05, 4.69) is 20.8 Å². The highest BCUT2D eigenvalue weighted by Crippen LogP contribution is 2.41. The standard InChI is InChI=1S/C16H28ClNO2/c1-16(2,3)13-6-4-12(5-7-13)14(17)15(19)18-8-10-20-11-9-18/h12-14H,4-11H2,1-3H3. The number of carbonyl (C=O) groups is 1. The van der Waals surface area contributed by atoms with Gasteiger partial charge in [0.15, 0.2) is 0 Å². The normalized spacial score (nSPS) is 30.1. The fraction of sp³-hybridized carbons (Fsp3) is 0.938. The number of ether oxygens (including phenoxy) is 1. The van der Waals surface area contributed by atoms with Gasteiger partial charge in [-0.05, 0) is 42.9 Å². The van der Waals surface area contributed by atoms with Crippen molar-refractivity contribution < 1.29 is 9.53 Å². The molecule has 4 heteroatoms. The topological polar surface area (TPSA) is 29.5 Å². The Kier molecular flexibility index (Phi) is 5.36. The molecular weight excluding hydrogens is 274 g/mol. The van der Waals surface area contributed by atoms with Crippen molar-refractivity contribution in [2.24, 2.45) is 17.3 Å². The van der Waals surface area contributed by atoms with E-state index in [0.29, 0.717) is 37.6 Å². The van der Waals surface area contributed by atoms with Crippen LogP contribution in [0.1, 0.15) is 46.5 Å². The maximum Gasteiger partial charge on any atom is 0.241 e. The minimum atomic E-state index is -0.339. The van der Waals surface area contributed by atoms with Gasteiger partial charge in [-0.2, -0.15) is 0 Å². The van der Waals surface area contributed by atoms with Gasteiger partial charge in [0.1, 0.15) is 5.38 Å². The number of carbonyl (C=O) groups excluding carboxylic acids is 1. The Balaban J connectivity index is 1.84. The first-order valence-corrected chi connectivity index (χ1v) is 8.34. The highest BCUT2D eigenvalue weighted by molar-refractivity contribution is 6.30. The average Bonchev–Trinajstić information content (AvgIpc) is 2.46. The van der Waals surface area contributed by atoms with Crippen molar-refractivity contribution in [2.75, 3.05) is 26.3 Å². The van der Waals surface area contributed by atoms with Gasteiger partial charge in [-0.1, -0.05) is 20.8 Å². The zero-order chi connectivity index (χ0) is 14.8. The van der Waals surface area contributed by atoms with Crippen molar-refractivity contribution in [1.82, 2.24) is 4.90 Å². The lowest BCUT2D eigenvalue weighted by Crippen LogP contribution is -2.46. The Labute approximate surface area is 128 Å². The van der Waals surface area contributed by atoms with Crippen LogP contribution < -0.4 is 0 Å². The monoisotopic (exact) mass is 301 g/mol. The largest absolute Gasteiger partial charge is 0.378 e. The van der Waals surface area contributed by atoms with Gasteiger partial charge in [-0.25, -0.2) is 0 Å². The summed E-state index contributed by atoms with van der Waals surface area (Å²) in [5.41, 5.74) is 0.376. The molecule has 0 spiro atoms. The maximum atomic E-state index is 12.4. The zero-order valence-electron chi connectivity index (χ0n) is 13.0. The Morgan fingerprint density at radius 1 is 1.15 bits per heavy atom. The van der Waals surface area contributed by atoms with Crippen LogP contribution in [0.4, 0.5) is 0 Å². The molecule has 20 heavy (non-hydrogen) atoms. The van der Waals surface area contributed by atoms with Crippen LogP contribution in [0.25, 0.3) is 0 Å². The van der Waals surface area contributed by atoms with Crippen LogP contribution in [0.15, 0.2) is 0 Å². The summed E-state index contributed by atoms with van der Waals surface area (Å²) in [5, 5.41) is -0.339. The highest BCUT2D eigenvalue weighted by Gasteiger charge is 2.36. The molecule has 1 aliphatic carbocycles. The number of hydrogen-bond donors (Lipinski definition) is 0. The van der Waals surface area contributed by atoms with Crippen LogP contribution in [-0.4, -0.2) is 42.5 Å². The number of rotatable bonds is 2. The van der Waals surface area contributed by atoms with E-state index in [-0.39, 0.29) is 11.3 Å². The molecule has 3 nitrogen and oxygen atoms in total. The van der Waals surface area contributed by atoms with Crippen molar-refractivity contribution in [1.29, 1.82) is 0 Å². The molecule has 1 atom stereocenters. The summed E-state index contributed by atoms with van der Waals surface area (Å²) in [4.78, 5) is 14.3. The third kappa shape index (κ3) is 3.88. The summed E-state index contributed by atoms with van der Waals surface area (Å²) in [6.45, 7) is 9.62. The predicted molar refractivity (Wildman–Crippen MR) is 81.9 cm³/mol. The second kappa shape index (κ2) is 6.65. The molecule has 2 aliphatic rings. The number of alkyl halides is 1. The molecule has 1 unspecified atom stereocenters. The number of hydrogen-bond acceptors (Lipinski definition) is 2. The summed E-state index contributed by atoms with van der Waals surface area (Å²) in [6, 6.07) is 0. The lowest BCUT2D eigenvalue weighted by Gasteiger charge is -2.39. The van der Waals surface area contributed by atoms with Gasteiger partial charge in [0.25, 0.3) is 0 Å². The van der Waals surface area contributed by atoms with Crippen LogP contribution >= 0.6 is 11.6 Å². The lowest BCUT2D eigenvalue weighted by molar-refractivity contribution is -0.136. The molecule has 0 aromatic heterocycles. The Morgan fingerprint density at radius 3 is 2.20 bits per heavy atom. The molecule has 1 saturated carbocycles. The van der Waals surface area contributed by atoms with Gasteiger partial charge in [0.2, 0.25) is 5.91 Å². The first-order valence-electron chi connectivity index (χ1n) is 7.90. The average molecular weight is 302 g/mol. The van der Waals surface area contributed by atoms with E-state index in [1.165, 1.54) is 12.8 Å². The van der Waals surface area contributed by atoms with E-state index >= 15 is 0 Å². The van der Waals surface area contributed by atoms with Gasteiger partial charge < -0.3 is 9.64 Å². The van der Waals surface area contributed by atoms with Crippen molar-refractivity contribution >= 4 is 17.5 Å². The first kappa shape index (κ1) is 16.1. The first-order chi connectivity index (χ1) is 9.39. The molecule has 1 saturated heterocycles. The Hall–Kier alpha value is -0.280. The van der Waals surface area contributed by atoms with Gasteiger partial charge in [-0.15, -0.1) is 11.6 Å². The molecule has 1 heterocycles. The molecule has 2 rings (SSSR count). The van der Waals surface area contributed by atoms with E-state index < -0.39 is 0 Å².